The smallest absolute Gasteiger partial charge is 0.264 e. The van der Waals surface area contributed by atoms with Crippen LogP contribution in [-0.4, -0.2) is 13.5 Å². The van der Waals surface area contributed by atoms with Crippen molar-refractivity contribution >= 4 is 32.5 Å². The SMILES string of the molecule is Cc1cccc(S(=O)(=O)O/N=C2C=C/C(=C(\C#N)c3ccccc3C)S/2)c1. The molecule has 7 heteroatoms. The zero-order valence-corrected chi connectivity index (χ0v) is 16.3. The summed E-state index contributed by atoms with van der Waals surface area (Å²) in [4.78, 5) is 0.745. The lowest BCUT2D eigenvalue weighted by Crippen LogP contribution is -2.03. The lowest BCUT2D eigenvalue weighted by Gasteiger charge is -2.06. The minimum Gasteiger partial charge on any atom is -0.264 e. The van der Waals surface area contributed by atoms with Gasteiger partial charge in [-0.1, -0.05) is 53.3 Å². The van der Waals surface area contributed by atoms with Crippen molar-refractivity contribution in [3.8, 4) is 6.07 Å². The van der Waals surface area contributed by atoms with Crippen LogP contribution >= 0.6 is 11.8 Å². The molecule has 27 heavy (non-hydrogen) atoms. The number of aryl methyl sites for hydroxylation is 2. The van der Waals surface area contributed by atoms with Gasteiger partial charge in [0.1, 0.15) is 16.0 Å². The Bertz CT molecular complexity index is 1120. The highest BCUT2D eigenvalue weighted by Gasteiger charge is 2.19. The summed E-state index contributed by atoms with van der Waals surface area (Å²) in [5.41, 5.74) is 3.14. The van der Waals surface area contributed by atoms with Gasteiger partial charge in [0.25, 0.3) is 0 Å². The van der Waals surface area contributed by atoms with E-state index in [2.05, 4.69) is 11.2 Å². The number of benzene rings is 2. The van der Waals surface area contributed by atoms with Crippen LogP contribution in [-0.2, 0) is 14.4 Å². The van der Waals surface area contributed by atoms with Gasteiger partial charge in [-0.15, -0.1) is 0 Å². The lowest BCUT2D eigenvalue weighted by atomic mass is 10.0. The van der Waals surface area contributed by atoms with Crippen molar-refractivity contribution in [2.24, 2.45) is 5.16 Å². The summed E-state index contributed by atoms with van der Waals surface area (Å²) in [6.07, 6.45) is 3.36. The predicted molar refractivity (Wildman–Crippen MR) is 107 cm³/mol. The largest absolute Gasteiger partial charge is 0.358 e. The maximum Gasteiger partial charge on any atom is 0.358 e. The molecule has 5 nitrogen and oxygen atoms in total. The molecule has 0 saturated carbocycles. The van der Waals surface area contributed by atoms with Gasteiger partial charge in [0.2, 0.25) is 0 Å². The molecule has 0 unspecified atom stereocenters. The molecule has 1 aliphatic heterocycles. The monoisotopic (exact) mass is 396 g/mol. The number of rotatable bonds is 4. The molecule has 0 aliphatic carbocycles. The number of hydrogen-bond donors (Lipinski definition) is 0. The van der Waals surface area contributed by atoms with E-state index >= 15 is 0 Å². The van der Waals surface area contributed by atoms with E-state index in [9.17, 15) is 13.7 Å². The fraction of sp³-hybridized carbons (Fsp3) is 0.100. The summed E-state index contributed by atoms with van der Waals surface area (Å²) >= 11 is 1.19. The minimum atomic E-state index is -3.99. The van der Waals surface area contributed by atoms with E-state index in [0.717, 1.165) is 16.7 Å². The van der Waals surface area contributed by atoms with Gasteiger partial charge in [0, 0.05) is 4.91 Å². The number of nitriles is 1. The predicted octanol–water partition coefficient (Wildman–Crippen LogP) is 4.56. The lowest BCUT2D eigenvalue weighted by molar-refractivity contribution is 0.340. The van der Waals surface area contributed by atoms with E-state index in [1.54, 1.807) is 31.2 Å². The Morgan fingerprint density at radius 2 is 1.89 bits per heavy atom. The normalized spacial score (nSPS) is 17.0. The number of oxime groups is 1. The van der Waals surface area contributed by atoms with Crippen molar-refractivity contribution in [1.82, 2.24) is 0 Å². The summed E-state index contributed by atoms with van der Waals surface area (Å²) in [5, 5.41) is 13.7. The van der Waals surface area contributed by atoms with Crippen molar-refractivity contribution in [1.29, 1.82) is 5.26 Å². The molecular weight excluding hydrogens is 380 g/mol. The second-order valence-electron chi connectivity index (χ2n) is 5.88. The van der Waals surface area contributed by atoms with Crippen LogP contribution in [0.5, 0.6) is 0 Å². The van der Waals surface area contributed by atoms with Crippen molar-refractivity contribution in [3.63, 3.8) is 0 Å². The minimum absolute atomic E-state index is 0.0483. The Labute approximate surface area is 162 Å². The molecule has 0 atom stereocenters. The van der Waals surface area contributed by atoms with Crippen LogP contribution in [0.15, 0.2) is 75.6 Å². The Balaban J connectivity index is 1.83. The second kappa shape index (κ2) is 7.82. The first-order valence-electron chi connectivity index (χ1n) is 8.05. The van der Waals surface area contributed by atoms with Crippen LogP contribution < -0.4 is 0 Å². The van der Waals surface area contributed by atoms with Gasteiger partial charge in [0.05, 0.1) is 5.57 Å². The fourth-order valence-electron chi connectivity index (χ4n) is 2.51. The summed E-state index contributed by atoms with van der Waals surface area (Å²) in [5.74, 6) is 0. The molecule has 136 valence electrons. The topological polar surface area (TPSA) is 79.5 Å². The zero-order chi connectivity index (χ0) is 19.4. The Morgan fingerprint density at radius 3 is 2.59 bits per heavy atom. The molecule has 0 spiro atoms. The molecule has 3 rings (SSSR count). The first-order valence-corrected chi connectivity index (χ1v) is 10.3. The third kappa shape index (κ3) is 4.30. The Morgan fingerprint density at radius 1 is 1.11 bits per heavy atom. The van der Waals surface area contributed by atoms with Gasteiger partial charge in [-0.2, -0.15) is 13.7 Å². The molecule has 0 saturated heterocycles. The van der Waals surface area contributed by atoms with Gasteiger partial charge < -0.3 is 0 Å². The van der Waals surface area contributed by atoms with E-state index in [0.29, 0.717) is 15.5 Å². The number of allylic oxidation sites excluding steroid dienone is 2. The molecule has 0 bridgehead atoms. The van der Waals surface area contributed by atoms with Crippen LogP contribution in [0.3, 0.4) is 0 Å². The molecule has 0 radical (unpaired) electrons. The first kappa shape index (κ1) is 19.0. The Hall–Kier alpha value is -2.82. The van der Waals surface area contributed by atoms with Crippen molar-refractivity contribution in [2.75, 3.05) is 0 Å². The summed E-state index contributed by atoms with van der Waals surface area (Å²) in [6, 6.07) is 16.2. The standard InChI is InChI=1S/C20H16N2O3S2/c1-14-6-5-8-16(12-14)27(23,24)25-22-20-11-10-19(26-20)18(13-21)17-9-4-3-7-15(17)2/h3-12H,1-2H3/b19-18-,22-20-. The van der Waals surface area contributed by atoms with E-state index < -0.39 is 10.1 Å². The summed E-state index contributed by atoms with van der Waals surface area (Å²) in [6.45, 7) is 3.73. The van der Waals surface area contributed by atoms with Gasteiger partial charge in [-0.05, 0) is 54.8 Å². The van der Waals surface area contributed by atoms with Gasteiger partial charge in [0.15, 0.2) is 0 Å². The molecule has 1 aliphatic rings. The average molecular weight is 396 g/mol. The van der Waals surface area contributed by atoms with Crippen molar-refractivity contribution in [3.05, 3.63) is 82.3 Å². The fourth-order valence-corrected chi connectivity index (χ4v) is 4.23. The van der Waals surface area contributed by atoms with Crippen LogP contribution in [0.1, 0.15) is 16.7 Å². The number of hydrogen-bond acceptors (Lipinski definition) is 6. The zero-order valence-electron chi connectivity index (χ0n) is 14.7. The van der Waals surface area contributed by atoms with Gasteiger partial charge >= 0.3 is 10.1 Å². The molecule has 0 aromatic heterocycles. The molecule has 0 N–H and O–H groups in total. The first-order chi connectivity index (χ1) is 12.9. The van der Waals surface area contributed by atoms with Crippen LogP contribution in [0.2, 0.25) is 0 Å². The van der Waals surface area contributed by atoms with E-state index in [-0.39, 0.29) is 4.90 Å². The number of thioether (sulfide) groups is 1. The van der Waals surface area contributed by atoms with Crippen molar-refractivity contribution < 1.29 is 12.7 Å². The summed E-state index contributed by atoms with van der Waals surface area (Å²) in [7, 11) is -3.99. The van der Waals surface area contributed by atoms with Crippen molar-refractivity contribution in [2.45, 2.75) is 18.7 Å². The molecule has 0 amide bonds. The molecule has 2 aromatic carbocycles. The molecular formula is C20H16N2O3S2. The average Bonchev–Trinajstić information content (AvgIpc) is 3.11. The highest BCUT2D eigenvalue weighted by molar-refractivity contribution is 8.18. The van der Waals surface area contributed by atoms with Gasteiger partial charge in [-0.3, -0.25) is 4.28 Å². The maximum atomic E-state index is 12.3. The second-order valence-corrected chi connectivity index (χ2v) is 8.47. The van der Waals surface area contributed by atoms with Crippen LogP contribution in [0.25, 0.3) is 5.57 Å². The van der Waals surface area contributed by atoms with Gasteiger partial charge in [-0.25, -0.2) is 0 Å². The maximum absolute atomic E-state index is 12.3. The number of nitrogens with zero attached hydrogens (tertiary/aromatic N) is 2. The summed E-state index contributed by atoms with van der Waals surface area (Å²) < 4.78 is 29.3. The van der Waals surface area contributed by atoms with E-state index in [4.69, 9.17) is 4.28 Å². The molecule has 0 fully saturated rings. The Kier molecular flexibility index (Phi) is 5.49. The van der Waals surface area contributed by atoms with E-state index in [1.807, 2.05) is 31.2 Å². The molecule has 2 aromatic rings. The van der Waals surface area contributed by atoms with Crippen LogP contribution in [0.4, 0.5) is 0 Å². The third-order valence-corrected chi connectivity index (χ3v) is 5.95. The molecule has 1 heterocycles. The van der Waals surface area contributed by atoms with E-state index in [1.165, 1.54) is 23.9 Å². The highest BCUT2D eigenvalue weighted by atomic mass is 32.2. The quantitative estimate of drug-likeness (QED) is 0.559. The third-order valence-electron chi connectivity index (χ3n) is 3.87. The van der Waals surface area contributed by atoms with Crippen LogP contribution in [0, 0.1) is 25.2 Å². The highest BCUT2D eigenvalue weighted by Crippen LogP contribution is 2.35.